The Morgan fingerprint density at radius 2 is 2.19 bits per heavy atom. The third-order valence-electron chi connectivity index (χ3n) is 4.50. The van der Waals surface area contributed by atoms with Crippen LogP contribution in [-0.4, -0.2) is 43.0 Å². The van der Waals surface area contributed by atoms with E-state index in [1.165, 1.54) is 17.5 Å². The molecule has 1 aliphatic heterocycles. The van der Waals surface area contributed by atoms with Gasteiger partial charge in [-0.3, -0.25) is 9.69 Å². The van der Waals surface area contributed by atoms with Gasteiger partial charge in [0.15, 0.2) is 0 Å². The Bertz CT molecular complexity index is 475. The first-order valence-corrected chi connectivity index (χ1v) is 7.85. The number of likely N-dealkylation sites (N-methyl/N-ethyl adjacent to an activating group) is 1. The standard InChI is InChI=1S/C17H27N3O/c1-13-7-4-5-8-15(13)11-19-17(21)14(2)20-10-6-9-16(12-20)18-3/h4-5,7-8,14,16,18H,6,9-12H2,1-3H3,(H,19,21). The van der Waals surface area contributed by atoms with Gasteiger partial charge in [-0.1, -0.05) is 24.3 Å². The Morgan fingerprint density at radius 3 is 2.90 bits per heavy atom. The highest BCUT2D eigenvalue weighted by Crippen LogP contribution is 2.13. The van der Waals surface area contributed by atoms with Gasteiger partial charge in [-0.25, -0.2) is 0 Å². The summed E-state index contributed by atoms with van der Waals surface area (Å²) in [5, 5.41) is 6.39. The lowest BCUT2D eigenvalue weighted by Gasteiger charge is -2.36. The summed E-state index contributed by atoms with van der Waals surface area (Å²) in [4.78, 5) is 14.6. The molecule has 4 heteroatoms. The summed E-state index contributed by atoms with van der Waals surface area (Å²) in [7, 11) is 2.00. The molecule has 2 N–H and O–H groups in total. The fourth-order valence-electron chi connectivity index (χ4n) is 2.90. The van der Waals surface area contributed by atoms with Gasteiger partial charge >= 0.3 is 0 Å². The zero-order chi connectivity index (χ0) is 15.2. The predicted octanol–water partition coefficient (Wildman–Crippen LogP) is 1.68. The van der Waals surface area contributed by atoms with Crippen LogP contribution in [0.15, 0.2) is 24.3 Å². The van der Waals surface area contributed by atoms with Gasteiger partial charge in [0.2, 0.25) is 5.91 Å². The van der Waals surface area contributed by atoms with Gasteiger partial charge in [0.1, 0.15) is 0 Å². The van der Waals surface area contributed by atoms with Crippen molar-refractivity contribution in [3.63, 3.8) is 0 Å². The number of hydrogen-bond acceptors (Lipinski definition) is 3. The number of rotatable bonds is 5. The molecule has 116 valence electrons. The van der Waals surface area contributed by atoms with E-state index in [-0.39, 0.29) is 11.9 Å². The monoisotopic (exact) mass is 289 g/mol. The topological polar surface area (TPSA) is 44.4 Å². The third kappa shape index (κ3) is 4.29. The summed E-state index contributed by atoms with van der Waals surface area (Å²) < 4.78 is 0. The van der Waals surface area contributed by atoms with Crippen LogP contribution in [0, 0.1) is 6.92 Å². The van der Waals surface area contributed by atoms with Crippen LogP contribution in [0.1, 0.15) is 30.9 Å². The minimum absolute atomic E-state index is 0.0647. The number of amides is 1. The molecule has 0 radical (unpaired) electrons. The number of likely N-dealkylation sites (tertiary alicyclic amines) is 1. The van der Waals surface area contributed by atoms with E-state index in [4.69, 9.17) is 0 Å². The van der Waals surface area contributed by atoms with Crippen molar-refractivity contribution in [2.75, 3.05) is 20.1 Å². The van der Waals surface area contributed by atoms with Crippen molar-refractivity contribution in [2.45, 2.75) is 45.3 Å². The molecule has 1 aromatic carbocycles. The number of nitrogens with one attached hydrogen (secondary N) is 2. The zero-order valence-electron chi connectivity index (χ0n) is 13.4. The fraction of sp³-hybridized carbons (Fsp3) is 0.588. The second-order valence-electron chi connectivity index (χ2n) is 5.94. The van der Waals surface area contributed by atoms with Gasteiger partial charge in [-0.15, -0.1) is 0 Å². The lowest BCUT2D eigenvalue weighted by atomic mass is 10.0. The number of carbonyl (C=O) groups is 1. The van der Waals surface area contributed by atoms with Crippen molar-refractivity contribution >= 4 is 5.91 Å². The third-order valence-corrected chi connectivity index (χ3v) is 4.50. The van der Waals surface area contributed by atoms with Crippen LogP contribution < -0.4 is 10.6 Å². The van der Waals surface area contributed by atoms with E-state index in [0.717, 1.165) is 19.5 Å². The first-order valence-electron chi connectivity index (χ1n) is 7.85. The van der Waals surface area contributed by atoms with E-state index in [1.807, 2.05) is 26.1 Å². The average Bonchev–Trinajstić information content (AvgIpc) is 2.53. The Morgan fingerprint density at radius 1 is 1.43 bits per heavy atom. The molecule has 1 amide bonds. The van der Waals surface area contributed by atoms with Crippen LogP contribution >= 0.6 is 0 Å². The smallest absolute Gasteiger partial charge is 0.237 e. The summed E-state index contributed by atoms with van der Waals surface area (Å²) in [6.45, 7) is 6.66. The average molecular weight is 289 g/mol. The Kier molecular flexibility index (Phi) is 5.76. The molecule has 2 atom stereocenters. The van der Waals surface area contributed by atoms with E-state index in [0.29, 0.717) is 12.6 Å². The van der Waals surface area contributed by atoms with Gasteiger partial charge in [-0.05, 0) is 51.4 Å². The maximum absolute atomic E-state index is 12.3. The summed E-state index contributed by atoms with van der Waals surface area (Å²) in [6.07, 6.45) is 2.35. The lowest BCUT2D eigenvalue weighted by Crippen LogP contribution is -2.52. The molecular weight excluding hydrogens is 262 g/mol. The summed E-state index contributed by atoms with van der Waals surface area (Å²) in [5.74, 6) is 0.120. The molecular formula is C17H27N3O. The number of aryl methyl sites for hydroxylation is 1. The van der Waals surface area contributed by atoms with E-state index in [2.05, 4.69) is 34.6 Å². The molecule has 0 aromatic heterocycles. The van der Waals surface area contributed by atoms with Gasteiger partial charge < -0.3 is 10.6 Å². The van der Waals surface area contributed by atoms with Crippen LogP contribution in [0.25, 0.3) is 0 Å². The van der Waals surface area contributed by atoms with Gasteiger partial charge in [-0.2, -0.15) is 0 Å². The largest absolute Gasteiger partial charge is 0.351 e. The highest BCUT2D eigenvalue weighted by Gasteiger charge is 2.26. The Balaban J connectivity index is 1.86. The predicted molar refractivity (Wildman–Crippen MR) is 86.1 cm³/mol. The number of carbonyl (C=O) groups excluding carboxylic acids is 1. The van der Waals surface area contributed by atoms with Crippen molar-refractivity contribution in [2.24, 2.45) is 0 Å². The molecule has 1 aliphatic rings. The minimum Gasteiger partial charge on any atom is -0.351 e. The quantitative estimate of drug-likeness (QED) is 0.867. The summed E-state index contributed by atoms with van der Waals surface area (Å²) in [5.41, 5.74) is 2.41. The second-order valence-corrected chi connectivity index (χ2v) is 5.94. The van der Waals surface area contributed by atoms with E-state index < -0.39 is 0 Å². The lowest BCUT2D eigenvalue weighted by molar-refractivity contribution is -0.126. The molecule has 1 saturated heterocycles. The molecule has 1 aromatic rings. The molecule has 4 nitrogen and oxygen atoms in total. The normalized spacial score (nSPS) is 21.0. The SMILES string of the molecule is CNC1CCCN(C(C)C(=O)NCc2ccccc2C)C1. The molecule has 1 heterocycles. The summed E-state index contributed by atoms with van der Waals surface area (Å²) in [6, 6.07) is 8.62. The van der Waals surface area contributed by atoms with Gasteiger partial charge in [0, 0.05) is 19.1 Å². The number of nitrogens with zero attached hydrogens (tertiary/aromatic N) is 1. The summed E-state index contributed by atoms with van der Waals surface area (Å²) >= 11 is 0. The number of piperidine rings is 1. The Labute approximate surface area is 127 Å². The molecule has 0 spiro atoms. The molecule has 0 bridgehead atoms. The minimum atomic E-state index is -0.0647. The van der Waals surface area contributed by atoms with Crippen molar-refractivity contribution in [1.29, 1.82) is 0 Å². The van der Waals surface area contributed by atoms with Crippen LogP contribution in [0.2, 0.25) is 0 Å². The molecule has 2 unspecified atom stereocenters. The molecule has 0 aliphatic carbocycles. The van der Waals surface area contributed by atoms with Crippen molar-refractivity contribution in [3.05, 3.63) is 35.4 Å². The van der Waals surface area contributed by atoms with Crippen molar-refractivity contribution in [1.82, 2.24) is 15.5 Å². The fourth-order valence-corrected chi connectivity index (χ4v) is 2.90. The van der Waals surface area contributed by atoms with Crippen LogP contribution in [0.3, 0.4) is 0 Å². The highest BCUT2D eigenvalue weighted by molar-refractivity contribution is 5.81. The maximum atomic E-state index is 12.3. The second kappa shape index (κ2) is 7.57. The maximum Gasteiger partial charge on any atom is 0.237 e. The Hall–Kier alpha value is -1.39. The number of hydrogen-bond donors (Lipinski definition) is 2. The number of benzene rings is 1. The first-order chi connectivity index (χ1) is 10.1. The van der Waals surface area contributed by atoms with Gasteiger partial charge in [0.25, 0.3) is 0 Å². The molecule has 1 fully saturated rings. The zero-order valence-corrected chi connectivity index (χ0v) is 13.4. The van der Waals surface area contributed by atoms with Crippen LogP contribution in [-0.2, 0) is 11.3 Å². The molecule has 0 saturated carbocycles. The van der Waals surface area contributed by atoms with E-state index >= 15 is 0 Å². The first kappa shape index (κ1) is 16.0. The van der Waals surface area contributed by atoms with Crippen molar-refractivity contribution < 1.29 is 4.79 Å². The van der Waals surface area contributed by atoms with Crippen LogP contribution in [0.4, 0.5) is 0 Å². The molecule has 21 heavy (non-hydrogen) atoms. The van der Waals surface area contributed by atoms with Crippen LogP contribution in [0.5, 0.6) is 0 Å². The van der Waals surface area contributed by atoms with E-state index in [9.17, 15) is 4.79 Å². The van der Waals surface area contributed by atoms with Gasteiger partial charge in [0.05, 0.1) is 6.04 Å². The molecule has 2 rings (SSSR count). The van der Waals surface area contributed by atoms with Crippen molar-refractivity contribution in [3.8, 4) is 0 Å². The highest BCUT2D eigenvalue weighted by atomic mass is 16.2. The van der Waals surface area contributed by atoms with E-state index in [1.54, 1.807) is 0 Å².